The predicted octanol–water partition coefficient (Wildman–Crippen LogP) is 1.54. The summed E-state index contributed by atoms with van der Waals surface area (Å²) in [5.41, 5.74) is 0. The van der Waals surface area contributed by atoms with E-state index in [1.807, 2.05) is 18.2 Å². The Morgan fingerprint density at radius 1 is 1.09 bits per heavy atom. The molecule has 2 aromatic rings. The Hall–Kier alpha value is -2.65. The van der Waals surface area contributed by atoms with E-state index in [9.17, 15) is 0 Å². The lowest BCUT2D eigenvalue weighted by Crippen LogP contribution is -2.49. The number of aromatic nitrogens is 2. The average Bonchev–Trinajstić information content (AvgIpc) is 3.37. The fraction of sp³-hybridized carbons (Fsp3) is 0.609. The number of nitrogens with one attached hydrogen (secondary N) is 2. The van der Waals surface area contributed by atoms with Gasteiger partial charge in [0.25, 0.3) is 0 Å². The summed E-state index contributed by atoms with van der Waals surface area (Å²) in [6.45, 7) is 8.30. The van der Waals surface area contributed by atoms with Crippen molar-refractivity contribution in [3.63, 3.8) is 0 Å². The van der Waals surface area contributed by atoms with Gasteiger partial charge in [-0.05, 0) is 37.5 Å². The van der Waals surface area contributed by atoms with Crippen LogP contribution in [0.3, 0.4) is 0 Å². The van der Waals surface area contributed by atoms with Crippen molar-refractivity contribution < 1.29 is 9.15 Å². The number of piperidine rings is 1. The molecule has 4 heterocycles. The lowest BCUT2D eigenvalue weighted by molar-refractivity contribution is 0.0377. The average molecular weight is 442 g/mol. The van der Waals surface area contributed by atoms with Gasteiger partial charge in [-0.15, -0.1) is 0 Å². The van der Waals surface area contributed by atoms with Gasteiger partial charge in [0.1, 0.15) is 5.76 Å². The maximum atomic E-state index is 5.45. The van der Waals surface area contributed by atoms with E-state index < -0.39 is 0 Å². The van der Waals surface area contributed by atoms with Crippen LogP contribution < -0.4 is 15.5 Å². The normalized spacial score (nSPS) is 18.6. The number of morpholine rings is 1. The Labute approximate surface area is 190 Å². The number of furan rings is 1. The Balaban J connectivity index is 1.24. The number of hydrogen-bond acceptors (Lipinski definition) is 7. The lowest BCUT2D eigenvalue weighted by atomic mass is 10.1. The van der Waals surface area contributed by atoms with Crippen LogP contribution in [0.1, 0.15) is 25.0 Å². The third-order valence-corrected chi connectivity index (χ3v) is 5.92. The summed E-state index contributed by atoms with van der Waals surface area (Å²) in [7, 11) is 0. The number of guanidine groups is 1. The van der Waals surface area contributed by atoms with E-state index in [1.165, 1.54) is 0 Å². The van der Waals surface area contributed by atoms with Gasteiger partial charge in [0.05, 0.1) is 19.5 Å². The maximum Gasteiger partial charge on any atom is 0.225 e. The molecule has 4 rings (SSSR count). The summed E-state index contributed by atoms with van der Waals surface area (Å²) in [6.07, 6.45) is 9.28. The topological polar surface area (TPSA) is 91.1 Å². The molecular weight excluding hydrogens is 406 g/mol. The molecule has 0 radical (unpaired) electrons. The van der Waals surface area contributed by atoms with E-state index in [0.717, 1.165) is 102 Å². The predicted molar refractivity (Wildman–Crippen MR) is 125 cm³/mol. The highest BCUT2D eigenvalue weighted by Gasteiger charge is 2.21. The molecule has 2 aliphatic heterocycles. The van der Waals surface area contributed by atoms with Crippen molar-refractivity contribution in [1.29, 1.82) is 0 Å². The van der Waals surface area contributed by atoms with Crippen molar-refractivity contribution >= 4 is 11.9 Å². The minimum atomic E-state index is 0.393. The zero-order valence-electron chi connectivity index (χ0n) is 18.8. The van der Waals surface area contributed by atoms with E-state index in [-0.39, 0.29) is 0 Å². The van der Waals surface area contributed by atoms with Crippen molar-refractivity contribution in [2.75, 3.05) is 63.9 Å². The van der Waals surface area contributed by atoms with Crippen molar-refractivity contribution in [1.82, 2.24) is 25.5 Å². The maximum absolute atomic E-state index is 5.45. The number of aliphatic imine (C=N–C) groups is 1. The zero-order chi connectivity index (χ0) is 21.8. The molecule has 0 aromatic carbocycles. The number of nitrogens with zero attached hydrogens (tertiary/aromatic N) is 5. The Bertz CT molecular complexity index is 786. The highest BCUT2D eigenvalue weighted by Crippen LogP contribution is 2.15. The first kappa shape index (κ1) is 22.5. The first-order valence-corrected chi connectivity index (χ1v) is 11.8. The largest absolute Gasteiger partial charge is 0.469 e. The molecule has 0 atom stereocenters. The third-order valence-electron chi connectivity index (χ3n) is 5.92. The SMILES string of the molecule is c1cnc(N2CCC(NC(=NCCCN3CCOCC3)NCCc3ccco3)CC2)nc1. The monoisotopic (exact) mass is 441 g/mol. The number of rotatable bonds is 9. The van der Waals surface area contributed by atoms with Gasteiger partial charge in [-0.2, -0.15) is 0 Å². The molecule has 32 heavy (non-hydrogen) atoms. The number of ether oxygens (including phenoxy) is 1. The Morgan fingerprint density at radius 3 is 2.66 bits per heavy atom. The molecule has 174 valence electrons. The van der Waals surface area contributed by atoms with Gasteiger partial charge >= 0.3 is 0 Å². The molecule has 2 aromatic heterocycles. The highest BCUT2D eigenvalue weighted by atomic mass is 16.5. The van der Waals surface area contributed by atoms with E-state index in [1.54, 1.807) is 18.7 Å². The summed E-state index contributed by atoms with van der Waals surface area (Å²) in [5, 5.41) is 7.15. The van der Waals surface area contributed by atoms with Crippen LogP contribution in [0.25, 0.3) is 0 Å². The highest BCUT2D eigenvalue weighted by molar-refractivity contribution is 5.80. The van der Waals surface area contributed by atoms with Gasteiger partial charge in [0.2, 0.25) is 5.95 Å². The number of anilines is 1. The molecule has 0 spiro atoms. The van der Waals surface area contributed by atoms with Crippen molar-refractivity contribution in [2.24, 2.45) is 4.99 Å². The molecule has 0 saturated carbocycles. The minimum Gasteiger partial charge on any atom is -0.469 e. The van der Waals surface area contributed by atoms with Gasteiger partial charge in [0, 0.05) is 70.7 Å². The molecule has 0 aliphatic carbocycles. The van der Waals surface area contributed by atoms with Gasteiger partial charge in [-0.25, -0.2) is 9.97 Å². The van der Waals surface area contributed by atoms with Crippen molar-refractivity contribution in [3.05, 3.63) is 42.6 Å². The van der Waals surface area contributed by atoms with Crippen LogP contribution in [0.15, 0.2) is 46.3 Å². The van der Waals surface area contributed by atoms with Crippen LogP contribution in [0.4, 0.5) is 5.95 Å². The molecule has 2 aliphatic rings. The Morgan fingerprint density at radius 2 is 1.91 bits per heavy atom. The first-order valence-electron chi connectivity index (χ1n) is 11.8. The molecule has 9 nitrogen and oxygen atoms in total. The summed E-state index contributed by atoms with van der Waals surface area (Å²) in [6, 6.07) is 6.19. The summed E-state index contributed by atoms with van der Waals surface area (Å²) in [4.78, 5) is 18.3. The smallest absolute Gasteiger partial charge is 0.225 e. The summed E-state index contributed by atoms with van der Waals surface area (Å²) in [5.74, 6) is 2.70. The van der Waals surface area contributed by atoms with Crippen LogP contribution in [0.2, 0.25) is 0 Å². The van der Waals surface area contributed by atoms with E-state index in [2.05, 4.69) is 30.4 Å². The molecule has 2 N–H and O–H groups in total. The van der Waals surface area contributed by atoms with Gasteiger partial charge in [-0.3, -0.25) is 9.89 Å². The first-order chi connectivity index (χ1) is 15.9. The molecule has 2 saturated heterocycles. The molecule has 2 fully saturated rings. The molecule has 0 bridgehead atoms. The number of hydrogen-bond donors (Lipinski definition) is 2. The van der Waals surface area contributed by atoms with Crippen molar-refractivity contribution in [3.8, 4) is 0 Å². The van der Waals surface area contributed by atoms with Crippen LogP contribution >= 0.6 is 0 Å². The fourth-order valence-corrected chi connectivity index (χ4v) is 4.09. The third kappa shape index (κ3) is 7.20. The molecular formula is C23H35N7O2. The quantitative estimate of drug-likeness (QED) is 0.344. The molecule has 9 heteroatoms. The second-order valence-corrected chi connectivity index (χ2v) is 8.25. The summed E-state index contributed by atoms with van der Waals surface area (Å²) >= 11 is 0. The zero-order valence-corrected chi connectivity index (χ0v) is 18.8. The van der Waals surface area contributed by atoms with Gasteiger partial charge < -0.3 is 24.7 Å². The summed E-state index contributed by atoms with van der Waals surface area (Å²) < 4.78 is 10.9. The van der Waals surface area contributed by atoms with Crippen LogP contribution in [-0.4, -0.2) is 85.9 Å². The van der Waals surface area contributed by atoms with E-state index in [4.69, 9.17) is 14.1 Å². The standard InChI is InChI=1S/C23H35N7O2/c1-4-21(32-17-1)5-11-25-22(24-10-3-12-29-15-18-31-19-16-29)28-20-6-13-30(14-7-20)23-26-8-2-9-27-23/h1-2,4,8-9,17,20H,3,5-7,10-16,18-19H2,(H2,24,25,28). The van der Waals surface area contributed by atoms with Gasteiger partial charge in [0.15, 0.2) is 5.96 Å². The van der Waals surface area contributed by atoms with Crippen molar-refractivity contribution in [2.45, 2.75) is 31.7 Å². The minimum absolute atomic E-state index is 0.393. The van der Waals surface area contributed by atoms with Crippen LogP contribution in [0, 0.1) is 0 Å². The molecule has 0 unspecified atom stereocenters. The Kier molecular flexibility index (Phi) is 8.74. The molecule has 0 amide bonds. The van der Waals surface area contributed by atoms with Crippen LogP contribution in [-0.2, 0) is 11.2 Å². The van der Waals surface area contributed by atoms with Crippen LogP contribution in [0.5, 0.6) is 0 Å². The van der Waals surface area contributed by atoms with E-state index in [0.29, 0.717) is 6.04 Å². The lowest BCUT2D eigenvalue weighted by Gasteiger charge is -2.33. The van der Waals surface area contributed by atoms with E-state index >= 15 is 0 Å². The second kappa shape index (κ2) is 12.4. The van der Waals surface area contributed by atoms with Gasteiger partial charge in [-0.1, -0.05) is 0 Å². The fourth-order valence-electron chi connectivity index (χ4n) is 4.09. The second-order valence-electron chi connectivity index (χ2n) is 8.25.